The molecule has 27 heavy (non-hydrogen) atoms. The summed E-state index contributed by atoms with van der Waals surface area (Å²) in [6.45, 7) is 11.2. The van der Waals surface area contributed by atoms with Crippen molar-refractivity contribution < 1.29 is 14.3 Å². The maximum Gasteiger partial charge on any atom is 0.265 e. The lowest BCUT2D eigenvalue weighted by molar-refractivity contribution is 0.101. The van der Waals surface area contributed by atoms with Crippen LogP contribution in [0.3, 0.4) is 0 Å². The number of rotatable bonds is 10. The maximum absolute atomic E-state index is 12.9. The maximum atomic E-state index is 12.9. The van der Waals surface area contributed by atoms with Gasteiger partial charge < -0.3 is 9.47 Å². The molecular formula is C20H29N3O3S. The van der Waals surface area contributed by atoms with Crippen LogP contribution in [0.1, 0.15) is 69.2 Å². The first kappa shape index (κ1) is 21.2. The Bertz CT molecular complexity index is 738. The summed E-state index contributed by atoms with van der Waals surface area (Å²) in [6.07, 6.45) is 3.09. The Morgan fingerprint density at radius 3 is 2.26 bits per heavy atom. The molecule has 0 spiro atoms. The van der Waals surface area contributed by atoms with Gasteiger partial charge in [-0.05, 0) is 38.8 Å². The van der Waals surface area contributed by atoms with E-state index >= 15 is 0 Å². The highest BCUT2D eigenvalue weighted by molar-refractivity contribution is 7.15. The van der Waals surface area contributed by atoms with E-state index < -0.39 is 0 Å². The second kappa shape index (κ2) is 9.69. The number of carbonyl (C=O) groups excluding carboxylic acids is 1. The standard InChI is InChI=1S/C20H29N3O3S/c1-6-13-20(5,7-2)18-22-23-19(27-18)21-17(24)16-14(25-8-3)11-10-12-15(16)26-9-4/h10-12H,6-9,13H2,1-5H3,(H,21,23,24). The quantitative estimate of drug-likeness (QED) is 0.613. The first-order chi connectivity index (χ1) is 13.0. The van der Waals surface area contributed by atoms with Crippen molar-refractivity contribution in [3.8, 4) is 11.5 Å². The molecule has 1 atom stereocenters. The fraction of sp³-hybridized carbons (Fsp3) is 0.550. The summed E-state index contributed by atoms with van der Waals surface area (Å²) < 4.78 is 11.2. The molecule has 2 rings (SSSR count). The van der Waals surface area contributed by atoms with E-state index in [9.17, 15) is 4.79 Å². The number of carbonyl (C=O) groups is 1. The van der Waals surface area contributed by atoms with Crippen molar-refractivity contribution in [1.82, 2.24) is 10.2 Å². The molecule has 1 N–H and O–H groups in total. The molecule has 1 aromatic heterocycles. The molecule has 1 aromatic carbocycles. The smallest absolute Gasteiger partial charge is 0.265 e. The van der Waals surface area contributed by atoms with E-state index in [0.29, 0.717) is 35.4 Å². The molecule has 0 saturated heterocycles. The Labute approximate surface area is 165 Å². The third-order valence-corrected chi connectivity index (χ3v) is 5.70. The summed E-state index contributed by atoms with van der Waals surface area (Å²) >= 11 is 1.43. The third-order valence-electron chi connectivity index (χ3n) is 4.56. The number of aromatic nitrogens is 2. The number of anilines is 1. The highest BCUT2D eigenvalue weighted by Crippen LogP contribution is 2.36. The molecule has 0 radical (unpaired) electrons. The van der Waals surface area contributed by atoms with Gasteiger partial charge in [-0.1, -0.05) is 44.6 Å². The highest BCUT2D eigenvalue weighted by atomic mass is 32.1. The van der Waals surface area contributed by atoms with Gasteiger partial charge in [0.25, 0.3) is 5.91 Å². The van der Waals surface area contributed by atoms with Crippen LogP contribution >= 0.6 is 11.3 Å². The molecule has 2 aromatic rings. The van der Waals surface area contributed by atoms with E-state index in [-0.39, 0.29) is 11.3 Å². The molecular weight excluding hydrogens is 362 g/mol. The summed E-state index contributed by atoms with van der Waals surface area (Å²) in [6, 6.07) is 5.34. The molecule has 0 aliphatic carbocycles. The average Bonchev–Trinajstić information content (AvgIpc) is 3.11. The van der Waals surface area contributed by atoms with Crippen molar-refractivity contribution in [1.29, 1.82) is 0 Å². The zero-order valence-electron chi connectivity index (χ0n) is 16.8. The Balaban J connectivity index is 2.28. The third kappa shape index (κ3) is 4.97. The zero-order chi connectivity index (χ0) is 19.9. The largest absolute Gasteiger partial charge is 0.493 e. The Kier molecular flexibility index (Phi) is 7.59. The monoisotopic (exact) mass is 391 g/mol. The van der Waals surface area contributed by atoms with Gasteiger partial charge in [0.05, 0.1) is 13.2 Å². The fourth-order valence-corrected chi connectivity index (χ4v) is 3.93. The van der Waals surface area contributed by atoms with Crippen LogP contribution in [0.25, 0.3) is 0 Å². The van der Waals surface area contributed by atoms with Gasteiger partial charge in [-0.15, -0.1) is 10.2 Å². The van der Waals surface area contributed by atoms with Crippen molar-refractivity contribution in [2.45, 2.75) is 59.3 Å². The van der Waals surface area contributed by atoms with Crippen molar-refractivity contribution in [2.75, 3.05) is 18.5 Å². The topological polar surface area (TPSA) is 73.3 Å². The summed E-state index contributed by atoms with van der Waals surface area (Å²) in [5, 5.41) is 12.8. The van der Waals surface area contributed by atoms with Crippen LogP contribution in [0.2, 0.25) is 0 Å². The molecule has 7 heteroatoms. The van der Waals surface area contributed by atoms with E-state index in [0.717, 1.165) is 24.3 Å². The molecule has 0 saturated carbocycles. The van der Waals surface area contributed by atoms with Gasteiger partial charge >= 0.3 is 0 Å². The van der Waals surface area contributed by atoms with E-state index in [2.05, 4.69) is 36.3 Å². The van der Waals surface area contributed by atoms with Crippen molar-refractivity contribution in [2.24, 2.45) is 0 Å². The molecule has 148 valence electrons. The number of hydrogen-bond acceptors (Lipinski definition) is 6. The van der Waals surface area contributed by atoms with Crippen LogP contribution in [0, 0.1) is 0 Å². The SMILES string of the molecule is CCCC(C)(CC)c1nnc(NC(=O)c2c(OCC)cccc2OCC)s1. The highest BCUT2D eigenvalue weighted by Gasteiger charge is 2.29. The van der Waals surface area contributed by atoms with Crippen LogP contribution < -0.4 is 14.8 Å². The van der Waals surface area contributed by atoms with E-state index in [1.807, 2.05) is 19.9 Å². The molecule has 1 heterocycles. The van der Waals surface area contributed by atoms with Crippen molar-refractivity contribution in [3.63, 3.8) is 0 Å². The second-order valence-corrected chi connectivity index (χ2v) is 7.50. The molecule has 1 unspecified atom stereocenters. The number of nitrogens with one attached hydrogen (secondary N) is 1. The van der Waals surface area contributed by atoms with E-state index in [1.54, 1.807) is 12.1 Å². The van der Waals surface area contributed by atoms with E-state index in [4.69, 9.17) is 9.47 Å². The molecule has 0 bridgehead atoms. The van der Waals surface area contributed by atoms with Crippen LogP contribution in [0.4, 0.5) is 5.13 Å². The van der Waals surface area contributed by atoms with Gasteiger partial charge in [0.2, 0.25) is 5.13 Å². The molecule has 1 amide bonds. The minimum Gasteiger partial charge on any atom is -0.493 e. The van der Waals surface area contributed by atoms with Gasteiger partial charge in [-0.3, -0.25) is 10.1 Å². The van der Waals surface area contributed by atoms with E-state index in [1.165, 1.54) is 11.3 Å². The summed E-state index contributed by atoms with van der Waals surface area (Å²) in [5.74, 6) is 0.684. The summed E-state index contributed by atoms with van der Waals surface area (Å²) in [5.41, 5.74) is 0.361. The second-order valence-electron chi connectivity index (χ2n) is 6.53. The number of amides is 1. The van der Waals surface area contributed by atoms with Gasteiger partial charge in [0.15, 0.2) is 0 Å². The lowest BCUT2D eigenvalue weighted by Gasteiger charge is -2.24. The molecule has 0 aliphatic rings. The Morgan fingerprint density at radius 1 is 1.11 bits per heavy atom. The zero-order valence-corrected chi connectivity index (χ0v) is 17.6. The number of nitrogens with zero attached hydrogens (tertiary/aromatic N) is 2. The predicted octanol–water partition coefficient (Wildman–Crippen LogP) is 5.06. The fourth-order valence-electron chi connectivity index (χ4n) is 2.95. The van der Waals surface area contributed by atoms with Crippen LogP contribution in [-0.4, -0.2) is 29.3 Å². The first-order valence-corrected chi connectivity index (χ1v) is 10.3. The lowest BCUT2D eigenvalue weighted by atomic mass is 9.84. The Morgan fingerprint density at radius 2 is 1.74 bits per heavy atom. The average molecular weight is 392 g/mol. The van der Waals surface area contributed by atoms with Crippen molar-refractivity contribution >= 4 is 22.4 Å². The van der Waals surface area contributed by atoms with Crippen LogP contribution in [0.15, 0.2) is 18.2 Å². The van der Waals surface area contributed by atoms with Crippen LogP contribution in [0.5, 0.6) is 11.5 Å². The minimum absolute atomic E-state index is 0.0187. The van der Waals surface area contributed by atoms with Gasteiger partial charge in [0.1, 0.15) is 22.1 Å². The number of ether oxygens (including phenoxy) is 2. The van der Waals surface area contributed by atoms with Gasteiger partial charge in [-0.2, -0.15) is 0 Å². The number of benzene rings is 1. The Hall–Kier alpha value is -2.15. The summed E-state index contributed by atoms with van der Waals surface area (Å²) in [4.78, 5) is 12.9. The van der Waals surface area contributed by atoms with Crippen LogP contribution in [-0.2, 0) is 5.41 Å². The molecule has 0 fully saturated rings. The number of hydrogen-bond donors (Lipinski definition) is 1. The lowest BCUT2D eigenvalue weighted by Crippen LogP contribution is -2.20. The normalized spacial score (nSPS) is 13.1. The molecule has 6 nitrogen and oxygen atoms in total. The van der Waals surface area contributed by atoms with Gasteiger partial charge in [0, 0.05) is 5.41 Å². The summed E-state index contributed by atoms with van der Waals surface area (Å²) in [7, 11) is 0. The predicted molar refractivity (Wildman–Crippen MR) is 109 cm³/mol. The minimum atomic E-state index is -0.307. The van der Waals surface area contributed by atoms with Crippen molar-refractivity contribution in [3.05, 3.63) is 28.8 Å². The first-order valence-electron chi connectivity index (χ1n) is 9.52. The molecule has 0 aliphatic heterocycles. The van der Waals surface area contributed by atoms with Gasteiger partial charge in [-0.25, -0.2) is 0 Å².